The summed E-state index contributed by atoms with van der Waals surface area (Å²) in [6.07, 6.45) is 4.49. The van der Waals surface area contributed by atoms with Crippen molar-refractivity contribution in [2.75, 3.05) is 13.1 Å². The number of carboxylic acid groups (broad SMARTS) is 1. The number of amides is 1. The average Bonchev–Trinajstić information content (AvgIpc) is 3.09. The molecule has 1 saturated heterocycles. The number of carbonyl (C=O) groups is 2. The summed E-state index contributed by atoms with van der Waals surface area (Å²) in [5, 5.41) is 27.0. The number of carboxylic acids is 1. The third-order valence-corrected chi connectivity index (χ3v) is 5.04. The van der Waals surface area contributed by atoms with Gasteiger partial charge in [0.25, 0.3) is 6.92 Å². The van der Waals surface area contributed by atoms with E-state index >= 15 is 0 Å². The molecule has 140 valence electrons. The van der Waals surface area contributed by atoms with Crippen molar-refractivity contribution < 1.29 is 24.5 Å². The minimum atomic E-state index is -1.06. The predicted octanol–water partition coefficient (Wildman–Crippen LogP) is -0.112. The first-order chi connectivity index (χ1) is 13.0. The Labute approximate surface area is 155 Å². The molecule has 1 aromatic carbocycles. The van der Waals surface area contributed by atoms with Gasteiger partial charge in [0.15, 0.2) is 0 Å². The third kappa shape index (κ3) is 3.52. The molecule has 0 aliphatic carbocycles. The van der Waals surface area contributed by atoms with Crippen LogP contribution in [-0.2, 0) is 24.1 Å². The van der Waals surface area contributed by atoms with Gasteiger partial charge in [-0.05, 0) is 36.3 Å². The Hall–Kier alpha value is -2.88. The number of hydrogen-bond donors (Lipinski definition) is 2. The van der Waals surface area contributed by atoms with Crippen LogP contribution in [0.25, 0.3) is 0 Å². The summed E-state index contributed by atoms with van der Waals surface area (Å²) in [5.74, 6) is -0.856. The summed E-state index contributed by atoms with van der Waals surface area (Å²) in [5.41, 5.74) is 1.72. The molecular formula is C17H19BN4O5. The smallest absolute Gasteiger partial charge is 0.339 e. The molecule has 9 nitrogen and oxygen atoms in total. The molecule has 2 N–H and O–H groups in total. The van der Waals surface area contributed by atoms with Crippen LogP contribution in [0.5, 0.6) is 5.75 Å². The number of carbonyl (C=O) groups excluding carboxylic acids is 1. The Morgan fingerprint density at radius 1 is 1.33 bits per heavy atom. The lowest BCUT2D eigenvalue weighted by Crippen LogP contribution is -2.57. The van der Waals surface area contributed by atoms with Crippen LogP contribution in [0.1, 0.15) is 21.5 Å². The van der Waals surface area contributed by atoms with Crippen molar-refractivity contribution in [3.63, 3.8) is 0 Å². The van der Waals surface area contributed by atoms with Crippen molar-refractivity contribution in [3.8, 4) is 5.75 Å². The van der Waals surface area contributed by atoms with Crippen LogP contribution in [0, 0.1) is 0 Å². The number of aromatic nitrogens is 3. The second-order valence-electron chi connectivity index (χ2n) is 6.92. The van der Waals surface area contributed by atoms with Crippen molar-refractivity contribution in [1.29, 1.82) is 0 Å². The first kappa shape index (κ1) is 17.5. The number of aromatic carboxylic acids is 1. The summed E-state index contributed by atoms with van der Waals surface area (Å²) in [4.78, 5) is 25.6. The van der Waals surface area contributed by atoms with Crippen molar-refractivity contribution in [2.45, 2.75) is 31.7 Å². The molecule has 0 saturated carbocycles. The van der Waals surface area contributed by atoms with Gasteiger partial charge in [0.05, 0.1) is 19.3 Å². The van der Waals surface area contributed by atoms with Gasteiger partial charge in [-0.2, -0.15) is 0 Å². The highest BCUT2D eigenvalue weighted by Crippen LogP contribution is 2.32. The number of fused-ring (bicyclic) bond motifs is 1. The van der Waals surface area contributed by atoms with Gasteiger partial charge in [-0.15, -0.1) is 5.10 Å². The molecule has 1 amide bonds. The number of aryl methyl sites for hydroxylation is 1. The SMILES string of the molecule is O=C(O)c1c(OC2CN(C(=O)Cn3ccnn3)C2)ccc2c1CB(O)CC2. The molecule has 2 aliphatic rings. The van der Waals surface area contributed by atoms with Crippen LogP contribution in [0.15, 0.2) is 24.5 Å². The zero-order valence-corrected chi connectivity index (χ0v) is 14.6. The van der Waals surface area contributed by atoms with Gasteiger partial charge >= 0.3 is 5.97 Å². The highest BCUT2D eigenvalue weighted by molar-refractivity contribution is 6.50. The lowest BCUT2D eigenvalue weighted by atomic mass is 9.54. The zero-order chi connectivity index (χ0) is 19.0. The Kier molecular flexibility index (Phi) is 4.57. The fourth-order valence-corrected chi connectivity index (χ4v) is 3.58. The number of ether oxygens (including phenoxy) is 1. The van der Waals surface area contributed by atoms with Gasteiger partial charge < -0.3 is 19.8 Å². The molecule has 3 heterocycles. The molecule has 0 spiro atoms. The van der Waals surface area contributed by atoms with Crippen molar-refractivity contribution in [1.82, 2.24) is 19.9 Å². The molecule has 0 radical (unpaired) electrons. The number of benzene rings is 1. The molecule has 0 bridgehead atoms. The monoisotopic (exact) mass is 370 g/mol. The van der Waals surface area contributed by atoms with Crippen LogP contribution in [-0.4, -0.2) is 68.0 Å². The quantitative estimate of drug-likeness (QED) is 0.705. The number of hydrogen-bond acceptors (Lipinski definition) is 6. The molecule has 0 unspecified atom stereocenters. The highest BCUT2D eigenvalue weighted by Gasteiger charge is 2.34. The minimum Gasteiger partial charge on any atom is -0.486 e. The first-order valence-corrected chi connectivity index (χ1v) is 8.86. The van der Waals surface area contributed by atoms with Gasteiger partial charge in [-0.3, -0.25) is 4.79 Å². The molecule has 1 aromatic heterocycles. The van der Waals surface area contributed by atoms with Crippen molar-refractivity contribution in [2.24, 2.45) is 0 Å². The van der Waals surface area contributed by atoms with Crippen molar-refractivity contribution >= 4 is 18.8 Å². The predicted molar refractivity (Wildman–Crippen MR) is 94.6 cm³/mol. The van der Waals surface area contributed by atoms with Gasteiger partial charge in [-0.1, -0.05) is 11.3 Å². The largest absolute Gasteiger partial charge is 0.486 e. The maximum atomic E-state index is 12.2. The van der Waals surface area contributed by atoms with E-state index in [9.17, 15) is 19.7 Å². The van der Waals surface area contributed by atoms with E-state index in [1.165, 1.54) is 10.9 Å². The van der Waals surface area contributed by atoms with E-state index in [0.29, 0.717) is 43.5 Å². The van der Waals surface area contributed by atoms with E-state index in [2.05, 4.69) is 10.3 Å². The molecule has 2 aliphatic heterocycles. The van der Waals surface area contributed by atoms with E-state index in [0.717, 1.165) is 5.56 Å². The van der Waals surface area contributed by atoms with Gasteiger partial charge in [0.1, 0.15) is 24.0 Å². The second-order valence-corrected chi connectivity index (χ2v) is 6.92. The van der Waals surface area contributed by atoms with Crippen LogP contribution in [0.3, 0.4) is 0 Å². The lowest BCUT2D eigenvalue weighted by Gasteiger charge is -2.39. The van der Waals surface area contributed by atoms with E-state index < -0.39 is 12.9 Å². The average molecular weight is 370 g/mol. The van der Waals surface area contributed by atoms with Crippen LogP contribution in [0.2, 0.25) is 6.32 Å². The van der Waals surface area contributed by atoms with E-state index in [1.807, 2.05) is 6.07 Å². The Morgan fingerprint density at radius 3 is 2.85 bits per heavy atom. The van der Waals surface area contributed by atoms with E-state index in [4.69, 9.17) is 4.74 Å². The topological polar surface area (TPSA) is 118 Å². The molecule has 27 heavy (non-hydrogen) atoms. The zero-order valence-electron chi connectivity index (χ0n) is 14.6. The van der Waals surface area contributed by atoms with Crippen LogP contribution >= 0.6 is 0 Å². The summed E-state index contributed by atoms with van der Waals surface area (Å²) in [6, 6.07) is 3.55. The standard InChI is InChI=1S/C17H19BN4O5/c23-15(10-22-6-5-19-20-22)21-8-12(9-21)27-14-2-1-11-3-4-18(26)7-13(11)16(14)17(24)25/h1-2,5-6,12,26H,3-4,7-10H2,(H,24,25). The maximum Gasteiger partial charge on any atom is 0.339 e. The van der Waals surface area contributed by atoms with Gasteiger partial charge in [0.2, 0.25) is 5.91 Å². The van der Waals surface area contributed by atoms with E-state index in [1.54, 1.807) is 17.2 Å². The lowest BCUT2D eigenvalue weighted by molar-refractivity contribution is -0.140. The number of likely N-dealkylation sites (tertiary alicyclic amines) is 1. The summed E-state index contributed by atoms with van der Waals surface area (Å²) in [6.45, 7) is 0.377. The van der Waals surface area contributed by atoms with Crippen LogP contribution in [0.4, 0.5) is 0 Å². The first-order valence-electron chi connectivity index (χ1n) is 8.86. The Morgan fingerprint density at radius 2 is 2.15 bits per heavy atom. The summed E-state index contributed by atoms with van der Waals surface area (Å²) >= 11 is 0. The fourth-order valence-electron chi connectivity index (χ4n) is 3.58. The normalized spacial score (nSPS) is 16.6. The Balaban J connectivity index is 1.43. The molecule has 2 aromatic rings. The van der Waals surface area contributed by atoms with Crippen molar-refractivity contribution in [3.05, 3.63) is 41.2 Å². The summed E-state index contributed by atoms with van der Waals surface area (Å²) in [7, 11) is 0. The molecule has 1 fully saturated rings. The summed E-state index contributed by atoms with van der Waals surface area (Å²) < 4.78 is 7.32. The van der Waals surface area contributed by atoms with Gasteiger partial charge in [-0.25, -0.2) is 9.48 Å². The highest BCUT2D eigenvalue weighted by atomic mass is 16.5. The van der Waals surface area contributed by atoms with Gasteiger partial charge in [0, 0.05) is 6.20 Å². The number of nitrogens with zero attached hydrogens (tertiary/aromatic N) is 4. The van der Waals surface area contributed by atoms with E-state index in [-0.39, 0.29) is 24.1 Å². The maximum absolute atomic E-state index is 12.2. The fraction of sp³-hybridized carbons (Fsp3) is 0.412. The molecule has 4 rings (SSSR count). The molecular weight excluding hydrogens is 351 g/mol. The Bertz CT molecular complexity index is 866. The second kappa shape index (κ2) is 7.03. The molecule has 10 heteroatoms. The molecule has 0 atom stereocenters. The van der Waals surface area contributed by atoms with Crippen LogP contribution < -0.4 is 4.74 Å². The minimum absolute atomic E-state index is 0.0904. The third-order valence-electron chi connectivity index (χ3n) is 5.04. The number of rotatable bonds is 5.